The van der Waals surface area contributed by atoms with Gasteiger partial charge in [0.15, 0.2) is 0 Å². The number of aliphatic carboxylic acids is 1. The summed E-state index contributed by atoms with van der Waals surface area (Å²) in [6, 6.07) is 20.3. The minimum Gasteiger partial charge on any atom is -0.494 e. The van der Waals surface area contributed by atoms with Crippen LogP contribution in [0.15, 0.2) is 66.7 Å². The van der Waals surface area contributed by atoms with Crippen LogP contribution in [0.1, 0.15) is 34.8 Å². The van der Waals surface area contributed by atoms with Gasteiger partial charge in [-0.1, -0.05) is 61.0 Å². The minimum atomic E-state index is -0.864. The largest absolute Gasteiger partial charge is 0.494 e. The molecule has 6 heteroatoms. The van der Waals surface area contributed by atoms with E-state index in [2.05, 4.69) is 5.32 Å². The van der Waals surface area contributed by atoms with Gasteiger partial charge in [0.25, 0.3) is 5.91 Å². The molecular formula is C25H24ClNO4. The molecule has 0 fully saturated rings. The number of carboxylic acid groups (broad SMARTS) is 1. The number of amides is 1. The molecule has 2 N–H and O–H groups in total. The topological polar surface area (TPSA) is 75.6 Å². The van der Waals surface area contributed by atoms with Crippen LogP contribution in [0.25, 0.3) is 11.1 Å². The highest BCUT2D eigenvalue weighted by Gasteiger charge is 2.12. The molecular weight excluding hydrogens is 414 g/mol. The Hall–Kier alpha value is -3.31. The number of hydrogen-bond acceptors (Lipinski definition) is 3. The predicted octanol–water partition coefficient (Wildman–Crippen LogP) is 5.35. The lowest BCUT2D eigenvalue weighted by atomic mass is 10.00. The summed E-state index contributed by atoms with van der Waals surface area (Å²) >= 11 is 6.26. The van der Waals surface area contributed by atoms with Gasteiger partial charge in [0.05, 0.1) is 23.6 Å². The number of benzene rings is 3. The van der Waals surface area contributed by atoms with E-state index in [0.717, 1.165) is 28.7 Å². The molecule has 0 spiro atoms. The highest BCUT2D eigenvalue weighted by Crippen LogP contribution is 2.24. The highest BCUT2D eigenvalue weighted by molar-refractivity contribution is 6.34. The molecule has 31 heavy (non-hydrogen) atoms. The molecule has 0 aliphatic carbocycles. The summed E-state index contributed by atoms with van der Waals surface area (Å²) in [5.41, 5.74) is 3.94. The van der Waals surface area contributed by atoms with Crippen molar-refractivity contribution in [3.63, 3.8) is 0 Å². The van der Waals surface area contributed by atoms with Gasteiger partial charge in [-0.25, -0.2) is 0 Å². The van der Waals surface area contributed by atoms with Gasteiger partial charge in [-0.3, -0.25) is 9.59 Å². The van der Waals surface area contributed by atoms with Crippen molar-refractivity contribution in [3.8, 4) is 16.9 Å². The molecule has 0 saturated carbocycles. The minimum absolute atomic E-state index is 0.0212. The van der Waals surface area contributed by atoms with Crippen molar-refractivity contribution < 1.29 is 19.4 Å². The van der Waals surface area contributed by atoms with Crippen LogP contribution in [0.4, 0.5) is 0 Å². The molecule has 0 heterocycles. The Balaban J connectivity index is 1.68. The molecule has 3 aromatic carbocycles. The quantitative estimate of drug-likeness (QED) is 0.473. The van der Waals surface area contributed by atoms with E-state index in [1.807, 2.05) is 49.4 Å². The van der Waals surface area contributed by atoms with Crippen molar-refractivity contribution in [2.45, 2.75) is 26.3 Å². The number of halogens is 1. The predicted molar refractivity (Wildman–Crippen MR) is 122 cm³/mol. The maximum atomic E-state index is 12.6. The average molecular weight is 438 g/mol. The van der Waals surface area contributed by atoms with Gasteiger partial charge < -0.3 is 15.2 Å². The first-order valence-corrected chi connectivity index (χ1v) is 10.4. The molecule has 5 nitrogen and oxygen atoms in total. The normalized spacial score (nSPS) is 10.5. The first-order valence-electron chi connectivity index (χ1n) is 10.1. The van der Waals surface area contributed by atoms with Crippen LogP contribution < -0.4 is 10.1 Å². The fraction of sp³-hybridized carbons (Fsp3) is 0.200. The average Bonchev–Trinajstić information content (AvgIpc) is 2.76. The van der Waals surface area contributed by atoms with Crippen molar-refractivity contribution in [2.75, 3.05) is 6.61 Å². The third kappa shape index (κ3) is 6.33. The van der Waals surface area contributed by atoms with Crippen molar-refractivity contribution in [1.29, 1.82) is 0 Å². The van der Waals surface area contributed by atoms with Crippen molar-refractivity contribution in [2.24, 2.45) is 0 Å². The zero-order valence-corrected chi connectivity index (χ0v) is 18.0. The Morgan fingerprint density at radius 2 is 1.65 bits per heavy atom. The van der Waals surface area contributed by atoms with E-state index in [-0.39, 0.29) is 12.3 Å². The lowest BCUT2D eigenvalue weighted by Gasteiger charge is -2.11. The van der Waals surface area contributed by atoms with Gasteiger partial charge >= 0.3 is 5.97 Å². The highest BCUT2D eigenvalue weighted by atomic mass is 35.5. The first-order chi connectivity index (χ1) is 15.0. The molecule has 3 rings (SSSR count). The summed E-state index contributed by atoms with van der Waals surface area (Å²) in [5.74, 6) is -0.487. The number of ether oxygens (including phenoxy) is 1. The van der Waals surface area contributed by atoms with Gasteiger partial charge in [-0.05, 0) is 52.9 Å². The number of hydrogen-bond donors (Lipinski definition) is 2. The maximum Gasteiger partial charge on any atom is 0.307 e. The van der Waals surface area contributed by atoms with E-state index in [1.54, 1.807) is 24.3 Å². The zero-order chi connectivity index (χ0) is 22.2. The molecule has 0 aromatic heterocycles. The lowest BCUT2D eigenvalue weighted by molar-refractivity contribution is -0.136. The molecule has 0 bridgehead atoms. The molecule has 0 saturated heterocycles. The summed E-state index contributed by atoms with van der Waals surface area (Å²) in [7, 11) is 0. The fourth-order valence-electron chi connectivity index (χ4n) is 3.16. The molecule has 0 aliphatic heterocycles. The van der Waals surface area contributed by atoms with Crippen molar-refractivity contribution in [3.05, 3.63) is 88.4 Å². The monoisotopic (exact) mass is 437 g/mol. The summed E-state index contributed by atoms with van der Waals surface area (Å²) in [6.07, 6.45) is 0.870. The van der Waals surface area contributed by atoms with E-state index < -0.39 is 5.97 Å². The van der Waals surface area contributed by atoms with Crippen LogP contribution in [-0.2, 0) is 17.8 Å². The molecule has 0 aliphatic rings. The Bertz CT molecular complexity index is 1080. The van der Waals surface area contributed by atoms with Crippen LogP contribution in [0.2, 0.25) is 5.02 Å². The standard InChI is InChI=1S/C25H24ClNO4/c1-2-11-31-21-9-10-22(23(26)15-21)25(30)27-16-18-6-4-8-20(13-18)19-7-3-5-17(12-19)14-24(28)29/h3-10,12-13,15H,2,11,14,16H2,1H3,(H,27,30)(H,28,29). The van der Waals surface area contributed by atoms with Gasteiger partial charge in [0.2, 0.25) is 0 Å². The van der Waals surface area contributed by atoms with Crippen LogP contribution in [0.3, 0.4) is 0 Å². The first kappa shape index (κ1) is 22.4. The van der Waals surface area contributed by atoms with Gasteiger partial charge in [-0.2, -0.15) is 0 Å². The number of nitrogens with one attached hydrogen (secondary N) is 1. The van der Waals surface area contributed by atoms with Gasteiger partial charge in [0, 0.05) is 6.54 Å². The Labute approximate surface area is 186 Å². The fourth-order valence-corrected chi connectivity index (χ4v) is 3.42. The smallest absolute Gasteiger partial charge is 0.307 e. The number of carbonyl (C=O) groups excluding carboxylic acids is 1. The summed E-state index contributed by atoms with van der Waals surface area (Å²) < 4.78 is 5.54. The summed E-state index contributed by atoms with van der Waals surface area (Å²) in [6.45, 7) is 2.95. The summed E-state index contributed by atoms with van der Waals surface area (Å²) in [5, 5.41) is 12.2. The van der Waals surface area contributed by atoms with Crippen LogP contribution in [0.5, 0.6) is 5.75 Å². The SMILES string of the molecule is CCCOc1ccc(C(=O)NCc2cccc(-c3cccc(CC(=O)O)c3)c2)c(Cl)c1. The van der Waals surface area contributed by atoms with E-state index in [0.29, 0.717) is 29.5 Å². The van der Waals surface area contributed by atoms with Crippen LogP contribution in [-0.4, -0.2) is 23.6 Å². The van der Waals surface area contributed by atoms with Gasteiger partial charge in [0.1, 0.15) is 5.75 Å². The van der Waals surface area contributed by atoms with Crippen LogP contribution >= 0.6 is 11.6 Å². The van der Waals surface area contributed by atoms with E-state index >= 15 is 0 Å². The van der Waals surface area contributed by atoms with Crippen molar-refractivity contribution >= 4 is 23.5 Å². The Morgan fingerprint density at radius 3 is 2.29 bits per heavy atom. The third-order valence-electron chi connectivity index (χ3n) is 4.65. The second-order valence-electron chi connectivity index (χ2n) is 7.14. The molecule has 0 unspecified atom stereocenters. The van der Waals surface area contributed by atoms with E-state index in [1.165, 1.54) is 0 Å². The maximum absolute atomic E-state index is 12.6. The third-order valence-corrected chi connectivity index (χ3v) is 4.97. The number of carbonyl (C=O) groups is 2. The van der Waals surface area contributed by atoms with E-state index in [4.69, 9.17) is 21.4 Å². The second-order valence-corrected chi connectivity index (χ2v) is 7.55. The summed E-state index contributed by atoms with van der Waals surface area (Å²) in [4.78, 5) is 23.5. The van der Waals surface area contributed by atoms with Crippen LogP contribution in [0, 0.1) is 0 Å². The molecule has 3 aromatic rings. The zero-order valence-electron chi connectivity index (χ0n) is 17.2. The lowest BCUT2D eigenvalue weighted by Crippen LogP contribution is -2.23. The molecule has 0 atom stereocenters. The number of carboxylic acids is 1. The Kier molecular flexibility index (Phi) is 7.68. The second kappa shape index (κ2) is 10.6. The molecule has 1 amide bonds. The van der Waals surface area contributed by atoms with Gasteiger partial charge in [-0.15, -0.1) is 0 Å². The Morgan fingerprint density at radius 1 is 0.968 bits per heavy atom. The van der Waals surface area contributed by atoms with Crippen molar-refractivity contribution in [1.82, 2.24) is 5.32 Å². The number of rotatable bonds is 9. The molecule has 0 radical (unpaired) electrons. The van der Waals surface area contributed by atoms with E-state index in [9.17, 15) is 9.59 Å². The molecule has 160 valence electrons.